The van der Waals surface area contributed by atoms with Crippen LogP contribution in [-0.4, -0.2) is 44.3 Å². The lowest BCUT2D eigenvalue weighted by atomic mass is 10.2. The number of sulfonamides is 1. The molecule has 2 aromatic carbocycles. The molecule has 8 nitrogen and oxygen atoms in total. The van der Waals surface area contributed by atoms with E-state index in [1.54, 1.807) is 18.2 Å². The minimum absolute atomic E-state index is 0.0175. The van der Waals surface area contributed by atoms with Crippen molar-refractivity contribution in [1.29, 1.82) is 0 Å². The first kappa shape index (κ1) is 22.8. The zero-order chi connectivity index (χ0) is 21.6. The summed E-state index contributed by atoms with van der Waals surface area (Å²) >= 11 is 11.9. The molecule has 0 spiro atoms. The summed E-state index contributed by atoms with van der Waals surface area (Å²) in [6, 6.07) is 10.5. The van der Waals surface area contributed by atoms with E-state index >= 15 is 0 Å². The van der Waals surface area contributed by atoms with Crippen molar-refractivity contribution in [2.24, 2.45) is 5.10 Å². The van der Waals surface area contributed by atoms with E-state index in [1.165, 1.54) is 44.5 Å². The van der Waals surface area contributed by atoms with Crippen LogP contribution in [0.5, 0.6) is 0 Å². The molecular weight excluding hydrogens is 439 g/mol. The third-order valence-electron chi connectivity index (χ3n) is 3.62. The first-order valence-corrected chi connectivity index (χ1v) is 10.4. The molecule has 0 aliphatic carbocycles. The van der Waals surface area contributed by atoms with E-state index < -0.39 is 22.5 Å². The van der Waals surface area contributed by atoms with Crippen molar-refractivity contribution in [1.82, 2.24) is 9.73 Å². The quantitative estimate of drug-likeness (QED) is 0.492. The summed E-state index contributed by atoms with van der Waals surface area (Å²) in [5.41, 5.74) is 3.20. The molecule has 0 aliphatic heterocycles. The lowest BCUT2D eigenvalue weighted by Crippen LogP contribution is -2.36. The highest BCUT2D eigenvalue weighted by Crippen LogP contribution is 2.24. The van der Waals surface area contributed by atoms with Crippen LogP contribution in [0.1, 0.15) is 12.5 Å². The molecule has 2 aromatic rings. The maximum Gasteiger partial charge on any atom is 0.255 e. The molecule has 0 aromatic heterocycles. The summed E-state index contributed by atoms with van der Waals surface area (Å²) in [7, 11) is -2.63. The Kier molecular flexibility index (Phi) is 7.74. The van der Waals surface area contributed by atoms with E-state index in [2.05, 4.69) is 15.8 Å². The van der Waals surface area contributed by atoms with Crippen molar-refractivity contribution >= 4 is 56.9 Å². The number of hydrazone groups is 1. The van der Waals surface area contributed by atoms with Gasteiger partial charge in [-0.05, 0) is 30.3 Å². The second kappa shape index (κ2) is 9.84. The highest BCUT2D eigenvalue weighted by Gasteiger charge is 2.22. The summed E-state index contributed by atoms with van der Waals surface area (Å²) in [5.74, 6) is -0.908. The van der Waals surface area contributed by atoms with Gasteiger partial charge in [0.25, 0.3) is 5.91 Å². The average molecular weight is 457 g/mol. The molecule has 0 radical (unpaired) electrons. The molecule has 0 atom stereocenters. The molecule has 0 aliphatic rings. The van der Waals surface area contributed by atoms with E-state index in [0.717, 1.165) is 4.31 Å². The van der Waals surface area contributed by atoms with Crippen LogP contribution in [0.25, 0.3) is 0 Å². The Morgan fingerprint density at radius 3 is 2.41 bits per heavy atom. The van der Waals surface area contributed by atoms with Gasteiger partial charge in [-0.2, -0.15) is 9.41 Å². The minimum Gasteiger partial charge on any atom is -0.326 e. The number of likely N-dealkylation sites (N-methyl/N-ethyl adjacent to an activating group) is 1. The first-order valence-electron chi connectivity index (χ1n) is 8.21. The lowest BCUT2D eigenvalue weighted by Gasteiger charge is -2.16. The Balaban J connectivity index is 1.99. The third kappa shape index (κ3) is 6.26. The Morgan fingerprint density at radius 1 is 1.14 bits per heavy atom. The monoisotopic (exact) mass is 456 g/mol. The maximum atomic E-state index is 12.6. The molecule has 2 rings (SSSR count). The van der Waals surface area contributed by atoms with Crippen LogP contribution >= 0.6 is 23.2 Å². The topological polar surface area (TPSA) is 108 Å². The van der Waals surface area contributed by atoms with Gasteiger partial charge in [-0.15, -0.1) is 0 Å². The summed E-state index contributed by atoms with van der Waals surface area (Å²) < 4.78 is 26.0. The molecule has 0 unspecified atom stereocenters. The van der Waals surface area contributed by atoms with Gasteiger partial charge in [0, 0.05) is 25.2 Å². The molecule has 29 heavy (non-hydrogen) atoms. The fourth-order valence-corrected chi connectivity index (χ4v) is 3.69. The zero-order valence-electron chi connectivity index (χ0n) is 15.5. The fourth-order valence-electron chi connectivity index (χ4n) is 2.21. The molecule has 2 N–H and O–H groups in total. The molecule has 154 valence electrons. The molecule has 0 fully saturated rings. The van der Waals surface area contributed by atoms with E-state index in [1.807, 2.05) is 0 Å². The fraction of sp³-hybridized carbons (Fsp3) is 0.167. The van der Waals surface area contributed by atoms with Gasteiger partial charge >= 0.3 is 0 Å². The molecular formula is C18H18Cl2N4O4S. The van der Waals surface area contributed by atoms with E-state index in [-0.39, 0.29) is 15.8 Å². The SMILES string of the molecule is CC(=O)Nc1ccc(S(=O)(=O)N(C)CC(=O)NN=Cc2cccc(Cl)c2Cl)cc1. The molecule has 0 bridgehead atoms. The van der Waals surface area contributed by atoms with Crippen LogP contribution in [0.15, 0.2) is 52.5 Å². The number of benzene rings is 2. The summed E-state index contributed by atoms with van der Waals surface area (Å²) in [6.45, 7) is 0.899. The molecule has 0 heterocycles. The van der Waals surface area contributed by atoms with E-state index in [4.69, 9.17) is 23.2 Å². The van der Waals surface area contributed by atoms with Gasteiger partial charge < -0.3 is 5.32 Å². The van der Waals surface area contributed by atoms with E-state index in [0.29, 0.717) is 16.3 Å². The first-order chi connectivity index (χ1) is 13.6. The second-order valence-electron chi connectivity index (χ2n) is 5.90. The van der Waals surface area contributed by atoms with Crippen LogP contribution in [0, 0.1) is 0 Å². The predicted octanol–water partition coefficient (Wildman–Crippen LogP) is 2.72. The smallest absolute Gasteiger partial charge is 0.255 e. The van der Waals surface area contributed by atoms with Crippen molar-refractivity contribution in [3.05, 3.63) is 58.1 Å². The molecule has 2 amide bonds. The number of halogens is 2. The van der Waals surface area contributed by atoms with Crippen molar-refractivity contribution in [3.8, 4) is 0 Å². The number of hydrogen-bond donors (Lipinski definition) is 2. The van der Waals surface area contributed by atoms with Gasteiger partial charge in [0.05, 0.1) is 27.7 Å². The Morgan fingerprint density at radius 2 is 1.79 bits per heavy atom. The Bertz CT molecular complexity index is 1040. The van der Waals surface area contributed by atoms with Crippen LogP contribution < -0.4 is 10.7 Å². The van der Waals surface area contributed by atoms with Crippen molar-refractivity contribution < 1.29 is 18.0 Å². The van der Waals surface area contributed by atoms with Crippen molar-refractivity contribution in [2.45, 2.75) is 11.8 Å². The number of anilines is 1. The van der Waals surface area contributed by atoms with Crippen LogP contribution in [0.2, 0.25) is 10.0 Å². The van der Waals surface area contributed by atoms with Gasteiger partial charge in [0.1, 0.15) is 0 Å². The van der Waals surface area contributed by atoms with Gasteiger partial charge in [-0.1, -0.05) is 35.3 Å². The number of carbonyl (C=O) groups is 2. The predicted molar refractivity (Wildman–Crippen MR) is 113 cm³/mol. The maximum absolute atomic E-state index is 12.6. The minimum atomic E-state index is -3.90. The second-order valence-corrected chi connectivity index (χ2v) is 8.73. The molecule has 0 saturated heterocycles. The number of amides is 2. The summed E-state index contributed by atoms with van der Waals surface area (Å²) in [5, 5.41) is 6.94. The van der Waals surface area contributed by atoms with Crippen LogP contribution in [0.3, 0.4) is 0 Å². The van der Waals surface area contributed by atoms with Gasteiger partial charge in [-0.25, -0.2) is 13.8 Å². The highest BCUT2D eigenvalue weighted by atomic mass is 35.5. The molecule has 11 heteroatoms. The summed E-state index contributed by atoms with van der Waals surface area (Å²) in [6.07, 6.45) is 1.31. The zero-order valence-corrected chi connectivity index (χ0v) is 17.8. The number of rotatable bonds is 7. The molecule has 0 saturated carbocycles. The van der Waals surface area contributed by atoms with Crippen LogP contribution in [0.4, 0.5) is 5.69 Å². The number of nitrogens with zero attached hydrogens (tertiary/aromatic N) is 2. The number of carbonyl (C=O) groups excluding carboxylic acids is 2. The average Bonchev–Trinajstić information content (AvgIpc) is 2.65. The third-order valence-corrected chi connectivity index (χ3v) is 6.27. The Labute approximate surface area is 178 Å². The van der Waals surface area contributed by atoms with Crippen LogP contribution in [-0.2, 0) is 19.6 Å². The Hall–Kier alpha value is -2.46. The van der Waals surface area contributed by atoms with Crippen molar-refractivity contribution in [2.75, 3.05) is 18.9 Å². The summed E-state index contributed by atoms with van der Waals surface area (Å²) in [4.78, 5) is 23.0. The standard InChI is InChI=1S/C18H18Cl2N4O4S/c1-12(25)22-14-6-8-15(9-7-14)29(27,28)24(2)11-17(26)23-21-10-13-4-3-5-16(19)18(13)20/h3-10H,11H2,1-2H3,(H,22,25)(H,23,26). The van der Waals surface area contributed by atoms with Gasteiger partial charge in [0.15, 0.2) is 0 Å². The number of hydrogen-bond acceptors (Lipinski definition) is 5. The number of nitrogens with one attached hydrogen (secondary N) is 2. The normalized spacial score (nSPS) is 11.6. The largest absolute Gasteiger partial charge is 0.326 e. The highest BCUT2D eigenvalue weighted by molar-refractivity contribution is 7.89. The lowest BCUT2D eigenvalue weighted by molar-refractivity contribution is -0.121. The van der Waals surface area contributed by atoms with Gasteiger partial charge in [-0.3, -0.25) is 9.59 Å². The van der Waals surface area contributed by atoms with E-state index in [9.17, 15) is 18.0 Å². The van der Waals surface area contributed by atoms with Crippen molar-refractivity contribution in [3.63, 3.8) is 0 Å². The van der Waals surface area contributed by atoms with Gasteiger partial charge in [0.2, 0.25) is 15.9 Å².